The molecule has 0 atom stereocenters. The van der Waals surface area contributed by atoms with Gasteiger partial charge < -0.3 is 8.37 Å². The molecule has 0 aliphatic heterocycles. The molecule has 0 radical (unpaired) electrons. The number of rotatable bonds is 33. The van der Waals surface area contributed by atoms with Crippen molar-refractivity contribution in [1.82, 2.24) is 4.44 Å². The first kappa shape index (κ1) is 57.2. The minimum atomic E-state index is -3.92. The average molecular weight is 1030 g/mol. The lowest BCUT2D eigenvalue weighted by molar-refractivity contribution is 0.493. The Morgan fingerprint density at radius 1 is 0.418 bits per heavy atom. The van der Waals surface area contributed by atoms with Gasteiger partial charge in [0.05, 0.1) is 28.7 Å². The first-order chi connectivity index (χ1) is 32.1. The van der Waals surface area contributed by atoms with Crippen LogP contribution in [0.4, 0.5) is 0 Å². The summed E-state index contributed by atoms with van der Waals surface area (Å²) in [6.45, 7) is 16.8. The SMILES string of the molecule is CCCCN(P(c1ccc([Si](CCCC)(CCCC)CCCC)cc1)c1ccc([Si](CCCC)(CCCC)CCCC)cc1)P(c1ccccc1OS(C)(=O)=O)c1ccccc1OS(C)(=O)=O. The zero-order valence-electron chi connectivity index (χ0n) is 42.7. The van der Waals surface area contributed by atoms with E-state index in [0.717, 1.165) is 25.4 Å². The fourth-order valence-electron chi connectivity index (χ4n) is 9.73. The van der Waals surface area contributed by atoms with E-state index in [1.807, 2.05) is 24.3 Å². The number of hydrogen-bond donors (Lipinski definition) is 0. The van der Waals surface area contributed by atoms with Crippen LogP contribution in [0.3, 0.4) is 0 Å². The van der Waals surface area contributed by atoms with Gasteiger partial charge in [0.25, 0.3) is 0 Å². The Balaban J connectivity index is 2.13. The molecule has 0 fully saturated rings. The minimum absolute atomic E-state index is 0.240. The van der Waals surface area contributed by atoms with Crippen LogP contribution in [0, 0.1) is 0 Å². The zero-order chi connectivity index (χ0) is 48.9. The topological polar surface area (TPSA) is 90.0 Å². The quantitative estimate of drug-likeness (QED) is 0.0267. The highest BCUT2D eigenvalue weighted by Gasteiger charge is 2.38. The van der Waals surface area contributed by atoms with Crippen LogP contribution in [0.1, 0.15) is 138 Å². The van der Waals surface area contributed by atoms with Crippen molar-refractivity contribution in [1.29, 1.82) is 0 Å². The summed E-state index contributed by atoms with van der Waals surface area (Å²) in [7, 11) is -14.4. The molecule has 0 N–H and O–H groups in total. The van der Waals surface area contributed by atoms with Gasteiger partial charge in [-0.1, -0.05) is 251 Å². The Morgan fingerprint density at radius 3 is 1.00 bits per heavy atom. The van der Waals surface area contributed by atoms with Crippen molar-refractivity contribution in [3.8, 4) is 11.5 Å². The molecule has 67 heavy (non-hydrogen) atoms. The zero-order valence-corrected chi connectivity index (χ0v) is 48.1. The van der Waals surface area contributed by atoms with Crippen molar-refractivity contribution in [3.63, 3.8) is 0 Å². The normalized spacial score (nSPS) is 12.7. The maximum atomic E-state index is 13.0. The number of nitrogens with zero attached hydrogens (tertiary/aromatic N) is 1. The molecule has 13 heteroatoms. The van der Waals surface area contributed by atoms with E-state index in [1.165, 1.54) is 124 Å². The van der Waals surface area contributed by atoms with Crippen LogP contribution in [-0.2, 0) is 20.2 Å². The van der Waals surface area contributed by atoms with Crippen molar-refractivity contribution in [2.24, 2.45) is 0 Å². The van der Waals surface area contributed by atoms with Gasteiger partial charge in [0, 0.05) is 33.3 Å². The van der Waals surface area contributed by atoms with Gasteiger partial charge in [-0.2, -0.15) is 16.8 Å². The van der Waals surface area contributed by atoms with Gasteiger partial charge in [0.15, 0.2) is 11.5 Å². The maximum absolute atomic E-state index is 13.0. The highest BCUT2D eigenvalue weighted by molar-refractivity contribution is 7.87. The second kappa shape index (κ2) is 28.5. The fourth-order valence-corrected chi connectivity index (χ4v) is 28.1. The minimum Gasteiger partial charge on any atom is -0.382 e. The lowest BCUT2D eigenvalue weighted by Gasteiger charge is -2.40. The van der Waals surface area contributed by atoms with E-state index in [2.05, 4.69) is 101 Å². The van der Waals surface area contributed by atoms with E-state index in [0.29, 0.717) is 17.2 Å². The third-order valence-electron chi connectivity index (χ3n) is 13.3. The molecule has 0 aromatic heterocycles. The molecule has 0 aliphatic rings. The van der Waals surface area contributed by atoms with E-state index in [4.69, 9.17) is 8.37 Å². The first-order valence-corrected chi connectivity index (χ1v) is 37.2. The molecule has 4 aromatic carbocycles. The van der Waals surface area contributed by atoms with Crippen LogP contribution in [-0.4, -0.2) is 56.5 Å². The largest absolute Gasteiger partial charge is 0.382 e. The average Bonchev–Trinajstić information content (AvgIpc) is 3.31. The third-order valence-corrected chi connectivity index (χ3v) is 30.9. The summed E-state index contributed by atoms with van der Waals surface area (Å²) in [5.41, 5.74) is 0. The molecule has 0 aliphatic carbocycles. The molecular formula is C54H85NO6P2S2Si2. The van der Waals surface area contributed by atoms with Crippen molar-refractivity contribution < 1.29 is 25.2 Å². The molecule has 0 bridgehead atoms. The van der Waals surface area contributed by atoms with Gasteiger partial charge in [0.2, 0.25) is 0 Å². The summed E-state index contributed by atoms with van der Waals surface area (Å²) in [5.74, 6) is 0.481. The Labute approximate surface area is 413 Å². The van der Waals surface area contributed by atoms with Gasteiger partial charge in [0.1, 0.15) is 0 Å². The van der Waals surface area contributed by atoms with Crippen molar-refractivity contribution in [2.75, 3.05) is 19.1 Å². The lowest BCUT2D eigenvalue weighted by atomic mass is 10.3. The van der Waals surface area contributed by atoms with Crippen molar-refractivity contribution in [3.05, 3.63) is 97.1 Å². The molecule has 372 valence electrons. The van der Waals surface area contributed by atoms with E-state index >= 15 is 0 Å². The van der Waals surface area contributed by atoms with E-state index in [9.17, 15) is 16.8 Å². The van der Waals surface area contributed by atoms with Crippen LogP contribution in [0.5, 0.6) is 11.5 Å². The van der Waals surface area contributed by atoms with Crippen LogP contribution < -0.4 is 40.0 Å². The summed E-state index contributed by atoms with van der Waals surface area (Å²) >= 11 is 0. The molecule has 0 amide bonds. The Hall–Kier alpha value is -2.37. The number of benzene rings is 4. The van der Waals surface area contributed by atoms with Crippen LogP contribution in [0.2, 0.25) is 36.3 Å². The molecule has 4 rings (SSSR count). The van der Waals surface area contributed by atoms with Crippen molar-refractivity contribution >= 4 is 84.1 Å². The smallest absolute Gasteiger partial charge is 0.306 e. The molecule has 0 unspecified atom stereocenters. The Morgan fingerprint density at radius 2 is 0.716 bits per heavy atom. The maximum Gasteiger partial charge on any atom is 0.306 e. The fraction of sp³-hybridized carbons (Fsp3) is 0.556. The highest BCUT2D eigenvalue weighted by atomic mass is 32.2. The van der Waals surface area contributed by atoms with Gasteiger partial charge in [-0.3, -0.25) is 0 Å². The third kappa shape index (κ3) is 16.9. The first-order valence-electron chi connectivity index (χ1n) is 25.7. The molecule has 0 heterocycles. The summed E-state index contributed by atoms with van der Waals surface area (Å²) < 4.78 is 66.2. The summed E-state index contributed by atoms with van der Waals surface area (Å²) in [6, 6.07) is 42.4. The second-order valence-corrected chi connectivity index (χ2v) is 35.8. The number of para-hydroxylation sites is 2. The van der Waals surface area contributed by atoms with E-state index in [1.54, 1.807) is 34.6 Å². The molecule has 4 aromatic rings. The number of unbranched alkanes of at least 4 members (excludes halogenated alkanes) is 7. The van der Waals surface area contributed by atoms with E-state index in [-0.39, 0.29) is 11.5 Å². The molecule has 0 spiro atoms. The summed E-state index contributed by atoms with van der Waals surface area (Å²) in [6.07, 6.45) is 18.8. The van der Waals surface area contributed by atoms with Gasteiger partial charge in [-0.25, -0.2) is 4.44 Å². The lowest BCUT2D eigenvalue weighted by Crippen LogP contribution is -2.48. The molecule has 0 saturated heterocycles. The van der Waals surface area contributed by atoms with Crippen LogP contribution >= 0.6 is 16.1 Å². The van der Waals surface area contributed by atoms with E-state index < -0.39 is 52.5 Å². The van der Waals surface area contributed by atoms with Gasteiger partial charge in [-0.15, -0.1) is 0 Å². The number of hydrogen-bond acceptors (Lipinski definition) is 7. The molecule has 0 saturated carbocycles. The standard InChI is InChI=1S/C54H85NO6P2S2Si2/c1-10-17-40-55(63(53-30-26-24-28-51(53)60-64(8,56)57)54-31-27-25-29-52(54)61-65(9,58)59)62(47-32-36-49(37-33-47)66(41-18-11-2,42-19-12-3)43-20-13-4)48-34-38-50(39-35-48)67(44-21-14-5,45-22-15-6)46-23-16-7/h24-39H,10-23,40-46H2,1-9H3. The van der Waals surface area contributed by atoms with Gasteiger partial charge >= 0.3 is 20.2 Å². The predicted octanol–water partition coefficient (Wildman–Crippen LogP) is 13.0. The van der Waals surface area contributed by atoms with Crippen LogP contribution in [0.15, 0.2) is 97.1 Å². The predicted molar refractivity (Wildman–Crippen MR) is 300 cm³/mol. The monoisotopic (exact) mass is 1030 g/mol. The Kier molecular flexibility index (Phi) is 24.3. The van der Waals surface area contributed by atoms with Gasteiger partial charge in [-0.05, 0) is 41.3 Å². The molecular weight excluding hydrogens is 941 g/mol. The summed E-state index contributed by atoms with van der Waals surface area (Å²) in [4.78, 5) is 0. The Bertz CT molecular complexity index is 2080. The summed E-state index contributed by atoms with van der Waals surface area (Å²) in [5, 5.41) is 6.98. The second-order valence-electron chi connectivity index (χ2n) is 18.9. The van der Waals surface area contributed by atoms with Crippen LogP contribution in [0.25, 0.3) is 0 Å². The van der Waals surface area contributed by atoms with Crippen molar-refractivity contribution in [2.45, 2.75) is 175 Å². The highest BCUT2D eigenvalue weighted by Crippen LogP contribution is 2.57. The molecule has 7 nitrogen and oxygen atoms in total.